The van der Waals surface area contributed by atoms with Crippen LogP contribution < -0.4 is 9.64 Å². The second-order valence-corrected chi connectivity index (χ2v) is 14.1. The number of anilines is 1. The highest BCUT2D eigenvalue weighted by Crippen LogP contribution is 2.44. The molecule has 3 aliphatic rings. The molecule has 262 valence electrons. The van der Waals surface area contributed by atoms with E-state index in [1.54, 1.807) is 25.7 Å². The van der Waals surface area contributed by atoms with Crippen LogP contribution in [0.5, 0.6) is 6.01 Å². The first kappa shape index (κ1) is 34.8. The Morgan fingerprint density at radius 1 is 1.16 bits per heavy atom. The summed E-state index contributed by atoms with van der Waals surface area (Å²) in [5.74, 6) is -0.993. The maximum Gasteiger partial charge on any atom is 0.418 e. The number of amides is 1. The molecule has 16 heteroatoms. The van der Waals surface area contributed by atoms with E-state index in [1.807, 2.05) is 4.90 Å². The van der Waals surface area contributed by atoms with Gasteiger partial charge in [0, 0.05) is 44.4 Å². The molecule has 3 fully saturated rings. The highest BCUT2D eigenvalue weighted by Gasteiger charge is 2.49. The third-order valence-corrected chi connectivity index (χ3v) is 9.48. The van der Waals surface area contributed by atoms with Crippen LogP contribution in [0.1, 0.15) is 52.0 Å². The van der Waals surface area contributed by atoms with E-state index in [9.17, 15) is 27.6 Å². The van der Waals surface area contributed by atoms with Gasteiger partial charge in [0.25, 0.3) is 0 Å². The van der Waals surface area contributed by atoms with Gasteiger partial charge in [-0.15, -0.1) is 0 Å². The summed E-state index contributed by atoms with van der Waals surface area (Å²) in [7, 11) is 0. The van der Waals surface area contributed by atoms with Crippen molar-refractivity contribution in [2.75, 3.05) is 44.2 Å². The molecule has 0 radical (unpaired) electrons. The molecular weight excluding hydrogens is 673 g/mol. The smallest absolute Gasteiger partial charge is 0.418 e. The molecule has 5 heterocycles. The van der Waals surface area contributed by atoms with Crippen molar-refractivity contribution in [3.8, 4) is 23.3 Å². The van der Waals surface area contributed by atoms with Gasteiger partial charge in [0.15, 0.2) is 5.82 Å². The number of alkyl halides is 4. The summed E-state index contributed by atoms with van der Waals surface area (Å²) in [6.45, 7) is 6.61. The first-order valence-electron chi connectivity index (χ1n) is 16.0. The van der Waals surface area contributed by atoms with E-state index in [-0.39, 0.29) is 68.4 Å². The van der Waals surface area contributed by atoms with Crippen LogP contribution in [0.4, 0.5) is 32.6 Å². The number of carbonyl (C=O) groups excluding carboxylic acids is 1. The molecule has 0 aliphatic carbocycles. The highest BCUT2D eigenvalue weighted by molar-refractivity contribution is 6.31. The van der Waals surface area contributed by atoms with E-state index < -0.39 is 63.3 Å². The van der Waals surface area contributed by atoms with E-state index in [4.69, 9.17) is 21.1 Å². The zero-order valence-corrected chi connectivity index (χ0v) is 27.9. The van der Waals surface area contributed by atoms with Gasteiger partial charge in [0.2, 0.25) is 0 Å². The standard InChI is InChI=1S/C33H35ClF5N7O3/c1-31(2,3)49-30(47)46-13-12-44(17-20(46)8-10-40)28-22-15-41-26(21-6-4-7-23(34)24(21)33(37,38)39)25(36)27(22)42-29(43-28)48-18-32-9-5-11-45(32)16-19(35)14-32/h4,6-7,15,19-20H,5,8-9,11-14,16-18H2,1-3H3/t19-,20+,32+/m1/s1. The Labute approximate surface area is 284 Å². The van der Waals surface area contributed by atoms with Crippen molar-refractivity contribution in [2.45, 2.75) is 76.0 Å². The van der Waals surface area contributed by atoms with Gasteiger partial charge >= 0.3 is 18.3 Å². The molecule has 0 saturated carbocycles. The number of nitrogens with zero attached hydrogens (tertiary/aromatic N) is 7. The number of halogens is 6. The number of hydrogen-bond donors (Lipinski definition) is 0. The molecule has 0 unspecified atom stereocenters. The number of fused-ring (bicyclic) bond motifs is 2. The maximum absolute atomic E-state index is 16.5. The number of carbonyl (C=O) groups is 1. The quantitative estimate of drug-likeness (QED) is 0.256. The van der Waals surface area contributed by atoms with Crippen LogP contribution in [-0.4, -0.2) is 93.5 Å². The number of nitriles is 1. The first-order valence-corrected chi connectivity index (χ1v) is 16.3. The van der Waals surface area contributed by atoms with Crippen molar-refractivity contribution in [3.63, 3.8) is 0 Å². The zero-order valence-electron chi connectivity index (χ0n) is 27.2. The van der Waals surface area contributed by atoms with Crippen molar-refractivity contribution in [1.82, 2.24) is 24.8 Å². The van der Waals surface area contributed by atoms with Crippen molar-refractivity contribution < 1.29 is 36.2 Å². The predicted molar refractivity (Wildman–Crippen MR) is 170 cm³/mol. The van der Waals surface area contributed by atoms with Gasteiger partial charge in [0.05, 0.1) is 40.0 Å². The third kappa shape index (κ3) is 6.90. The molecular formula is C33H35ClF5N7O3. The van der Waals surface area contributed by atoms with Gasteiger partial charge in [-0.2, -0.15) is 28.4 Å². The molecule has 49 heavy (non-hydrogen) atoms. The molecule has 0 spiro atoms. The van der Waals surface area contributed by atoms with Gasteiger partial charge in [-0.3, -0.25) is 9.88 Å². The Bertz CT molecular complexity index is 1800. The van der Waals surface area contributed by atoms with Gasteiger partial charge in [-0.05, 0) is 46.2 Å². The normalized spacial score (nSPS) is 23.1. The van der Waals surface area contributed by atoms with Crippen molar-refractivity contribution in [2.24, 2.45) is 0 Å². The SMILES string of the molecule is CC(C)(C)OC(=O)N1CCN(c2nc(OC[C@@]34CCCN3C[C@H](F)C4)nc3c(F)c(-c4cccc(Cl)c4C(F)(F)F)ncc23)C[C@@H]1CC#N. The third-order valence-electron chi connectivity index (χ3n) is 9.16. The highest BCUT2D eigenvalue weighted by atomic mass is 35.5. The van der Waals surface area contributed by atoms with Crippen LogP contribution in [0.2, 0.25) is 5.02 Å². The molecule has 3 aliphatic heterocycles. The summed E-state index contributed by atoms with van der Waals surface area (Å²) in [6.07, 6.45) is -3.58. The summed E-state index contributed by atoms with van der Waals surface area (Å²) in [5, 5.41) is 9.05. The fourth-order valence-electron chi connectivity index (χ4n) is 7.06. The number of piperazine rings is 1. The molecule has 3 saturated heterocycles. The number of aromatic nitrogens is 3. The Hall–Kier alpha value is -4.03. The number of benzene rings is 1. The van der Waals surface area contributed by atoms with Crippen LogP contribution in [0.25, 0.3) is 22.2 Å². The van der Waals surface area contributed by atoms with Crippen LogP contribution in [-0.2, 0) is 10.9 Å². The van der Waals surface area contributed by atoms with Crippen LogP contribution in [0.15, 0.2) is 24.4 Å². The molecule has 0 N–H and O–H groups in total. The van der Waals surface area contributed by atoms with Crippen LogP contribution in [0.3, 0.4) is 0 Å². The maximum atomic E-state index is 16.5. The number of ether oxygens (including phenoxy) is 2. The van der Waals surface area contributed by atoms with E-state index in [0.29, 0.717) is 13.0 Å². The second-order valence-electron chi connectivity index (χ2n) is 13.7. The fourth-order valence-corrected chi connectivity index (χ4v) is 7.34. The second kappa shape index (κ2) is 13.0. The lowest BCUT2D eigenvalue weighted by Gasteiger charge is -2.41. The van der Waals surface area contributed by atoms with Crippen molar-refractivity contribution >= 4 is 34.4 Å². The van der Waals surface area contributed by atoms with Gasteiger partial charge in [-0.1, -0.05) is 23.7 Å². The molecule has 10 nitrogen and oxygen atoms in total. The molecule has 6 rings (SSSR count). The summed E-state index contributed by atoms with van der Waals surface area (Å²) < 4.78 is 84.9. The van der Waals surface area contributed by atoms with E-state index >= 15 is 4.39 Å². The molecule has 2 aromatic heterocycles. The Balaban J connectivity index is 1.43. The van der Waals surface area contributed by atoms with Crippen molar-refractivity contribution in [3.05, 3.63) is 40.8 Å². The number of hydrogen-bond acceptors (Lipinski definition) is 9. The minimum atomic E-state index is -4.91. The van der Waals surface area contributed by atoms with E-state index in [2.05, 4.69) is 21.0 Å². The van der Waals surface area contributed by atoms with E-state index in [1.165, 1.54) is 17.2 Å². The zero-order chi connectivity index (χ0) is 35.3. The minimum Gasteiger partial charge on any atom is -0.461 e. The molecule has 0 bridgehead atoms. The predicted octanol–water partition coefficient (Wildman–Crippen LogP) is 6.80. The number of rotatable bonds is 6. The lowest BCUT2D eigenvalue weighted by Crippen LogP contribution is -2.56. The lowest BCUT2D eigenvalue weighted by atomic mass is 9.95. The average Bonchev–Trinajstić information content (AvgIpc) is 3.54. The fraction of sp³-hybridized carbons (Fsp3) is 0.545. The Kier molecular flexibility index (Phi) is 9.25. The topological polar surface area (TPSA) is 108 Å². The Morgan fingerprint density at radius 3 is 2.65 bits per heavy atom. The lowest BCUT2D eigenvalue weighted by molar-refractivity contribution is -0.137. The van der Waals surface area contributed by atoms with Gasteiger partial charge in [-0.25, -0.2) is 13.6 Å². The molecule has 1 aromatic carbocycles. The van der Waals surface area contributed by atoms with Crippen molar-refractivity contribution in [1.29, 1.82) is 5.26 Å². The monoisotopic (exact) mass is 707 g/mol. The molecule has 3 aromatic rings. The summed E-state index contributed by atoms with van der Waals surface area (Å²) in [6, 6.07) is 4.61. The summed E-state index contributed by atoms with van der Waals surface area (Å²) in [5.41, 5.74) is -4.13. The van der Waals surface area contributed by atoms with Gasteiger partial charge in [0.1, 0.15) is 35.4 Å². The first-order chi connectivity index (χ1) is 23.1. The average molecular weight is 708 g/mol. The van der Waals surface area contributed by atoms with Crippen LogP contribution in [0, 0.1) is 17.1 Å². The number of pyridine rings is 1. The minimum absolute atomic E-state index is 0.0217. The molecule has 3 atom stereocenters. The Morgan fingerprint density at radius 2 is 1.94 bits per heavy atom. The van der Waals surface area contributed by atoms with Crippen LogP contribution >= 0.6 is 11.6 Å². The van der Waals surface area contributed by atoms with E-state index in [0.717, 1.165) is 18.6 Å². The summed E-state index contributed by atoms with van der Waals surface area (Å²) >= 11 is 5.94. The summed E-state index contributed by atoms with van der Waals surface area (Å²) in [4.78, 5) is 31.3. The molecule has 1 amide bonds. The van der Waals surface area contributed by atoms with Gasteiger partial charge < -0.3 is 19.3 Å². The largest absolute Gasteiger partial charge is 0.461 e.